The van der Waals surface area contributed by atoms with E-state index in [-0.39, 0.29) is 37.5 Å². The molecule has 0 N–H and O–H groups in total. The lowest BCUT2D eigenvalue weighted by molar-refractivity contribution is -0.167. The van der Waals surface area contributed by atoms with Gasteiger partial charge in [-0.1, -0.05) is 189 Å². The van der Waals surface area contributed by atoms with Crippen LogP contribution in [0.25, 0.3) is 0 Å². The largest absolute Gasteiger partial charge is 0.462 e. The molecule has 0 fully saturated rings. The first-order chi connectivity index (χ1) is 30.5. The fourth-order valence-electron chi connectivity index (χ4n) is 6.57. The fourth-order valence-corrected chi connectivity index (χ4v) is 6.57. The summed E-state index contributed by atoms with van der Waals surface area (Å²) in [4.78, 5) is 37.9. The Kier molecular flexibility index (Phi) is 47.0. The first kappa shape index (κ1) is 58.3. The van der Waals surface area contributed by atoms with Gasteiger partial charge in [0.05, 0.1) is 0 Å². The van der Waals surface area contributed by atoms with Gasteiger partial charge < -0.3 is 14.2 Å². The summed E-state index contributed by atoms with van der Waals surface area (Å²) in [5.74, 6) is -0.986. The molecule has 0 aromatic rings. The van der Waals surface area contributed by atoms with Gasteiger partial charge in [0.2, 0.25) is 0 Å². The van der Waals surface area contributed by atoms with Crippen LogP contribution in [-0.2, 0) is 28.6 Å². The van der Waals surface area contributed by atoms with Crippen molar-refractivity contribution in [2.24, 2.45) is 0 Å². The molecule has 0 radical (unpaired) electrons. The number of esters is 3. The molecule has 0 aliphatic rings. The van der Waals surface area contributed by atoms with Crippen LogP contribution in [0, 0.1) is 0 Å². The van der Waals surface area contributed by atoms with Gasteiger partial charge in [0.1, 0.15) is 13.2 Å². The van der Waals surface area contributed by atoms with Crippen molar-refractivity contribution >= 4 is 17.9 Å². The van der Waals surface area contributed by atoms with Crippen molar-refractivity contribution < 1.29 is 28.6 Å². The lowest BCUT2D eigenvalue weighted by Gasteiger charge is -2.18. The summed E-state index contributed by atoms with van der Waals surface area (Å²) in [5, 5.41) is 0. The van der Waals surface area contributed by atoms with Gasteiger partial charge in [0.15, 0.2) is 6.10 Å². The summed E-state index contributed by atoms with van der Waals surface area (Å²) in [6.45, 7) is 6.31. The molecule has 0 saturated heterocycles. The minimum Gasteiger partial charge on any atom is -0.462 e. The van der Waals surface area contributed by atoms with Gasteiger partial charge in [-0.05, 0) is 109 Å². The van der Waals surface area contributed by atoms with Crippen LogP contribution in [0.1, 0.15) is 220 Å². The first-order valence-electron chi connectivity index (χ1n) is 25.2. The van der Waals surface area contributed by atoms with Crippen molar-refractivity contribution in [1.29, 1.82) is 0 Å². The highest BCUT2D eigenvalue weighted by Gasteiger charge is 2.19. The van der Waals surface area contributed by atoms with E-state index in [9.17, 15) is 14.4 Å². The molecule has 62 heavy (non-hydrogen) atoms. The molecule has 0 amide bonds. The van der Waals surface area contributed by atoms with Crippen LogP contribution in [0.2, 0.25) is 0 Å². The van der Waals surface area contributed by atoms with E-state index in [1.165, 1.54) is 64.2 Å². The highest BCUT2D eigenvalue weighted by molar-refractivity contribution is 5.71. The Hall–Kier alpha value is -3.67. The van der Waals surface area contributed by atoms with E-state index in [4.69, 9.17) is 14.2 Å². The molecule has 6 nitrogen and oxygen atoms in total. The number of hydrogen-bond donors (Lipinski definition) is 0. The van der Waals surface area contributed by atoms with Gasteiger partial charge in [0.25, 0.3) is 0 Å². The standard InChI is InChI=1S/C56H92O6/c1-4-7-10-13-16-19-22-24-26-28-30-31-34-37-40-43-46-49-55(58)61-52-53(51-60-54(57)48-45-42-39-36-33-21-18-15-12-9-6-3)62-56(59)50-47-44-41-38-35-32-29-27-25-23-20-17-14-11-8-5-2/h8-9,11-12,16-21,24-27,36,39,53H,4-7,10,13-15,22-23,28-35,37-38,40-52H2,1-3H3/b11-8-,12-9-,19-16-,20-17-,21-18-,26-24-,27-25-,39-36-. The summed E-state index contributed by atoms with van der Waals surface area (Å²) in [6, 6.07) is 0. The predicted octanol–water partition coefficient (Wildman–Crippen LogP) is 16.6. The SMILES string of the molecule is CC/C=C\C/C=C\C/C=C\CCCCCCCCC(=O)OC(COC(=O)CCC/C=C\C/C=C\C/C=C\CC)COC(=O)CCCCCCCCC/C=C\C/C=C\CCCCC. The van der Waals surface area contributed by atoms with E-state index >= 15 is 0 Å². The molecule has 352 valence electrons. The molecule has 6 heteroatoms. The molecular weight excluding hydrogens is 769 g/mol. The minimum atomic E-state index is -0.808. The van der Waals surface area contributed by atoms with Crippen molar-refractivity contribution in [3.8, 4) is 0 Å². The smallest absolute Gasteiger partial charge is 0.306 e. The normalized spacial score (nSPS) is 12.9. The third-order valence-corrected chi connectivity index (χ3v) is 10.3. The fraction of sp³-hybridized carbons (Fsp3) is 0.661. The van der Waals surface area contributed by atoms with Crippen molar-refractivity contribution in [3.05, 3.63) is 97.2 Å². The first-order valence-corrected chi connectivity index (χ1v) is 25.2. The molecule has 0 heterocycles. The third-order valence-electron chi connectivity index (χ3n) is 10.3. The minimum absolute atomic E-state index is 0.104. The number of unbranched alkanes of at least 4 members (excludes halogenated alkanes) is 17. The second kappa shape index (κ2) is 50.0. The van der Waals surface area contributed by atoms with Crippen molar-refractivity contribution in [2.45, 2.75) is 226 Å². The van der Waals surface area contributed by atoms with Crippen LogP contribution in [-0.4, -0.2) is 37.2 Å². The maximum atomic E-state index is 12.8. The zero-order valence-corrected chi connectivity index (χ0v) is 40.1. The molecule has 0 rings (SSSR count). The Morgan fingerprint density at radius 3 is 1.05 bits per heavy atom. The zero-order chi connectivity index (χ0) is 45.1. The molecule has 1 atom stereocenters. The van der Waals surface area contributed by atoms with E-state index in [2.05, 4.69) is 118 Å². The Morgan fingerprint density at radius 2 is 0.645 bits per heavy atom. The van der Waals surface area contributed by atoms with Gasteiger partial charge in [-0.25, -0.2) is 0 Å². The van der Waals surface area contributed by atoms with Gasteiger partial charge in [-0.15, -0.1) is 0 Å². The van der Waals surface area contributed by atoms with Crippen LogP contribution >= 0.6 is 0 Å². The van der Waals surface area contributed by atoms with E-state index in [1.54, 1.807) is 0 Å². The molecule has 0 aliphatic carbocycles. The highest BCUT2D eigenvalue weighted by atomic mass is 16.6. The van der Waals surface area contributed by atoms with E-state index in [0.717, 1.165) is 109 Å². The molecule has 1 unspecified atom stereocenters. The molecular formula is C56H92O6. The Balaban J connectivity index is 4.45. The van der Waals surface area contributed by atoms with Crippen molar-refractivity contribution in [3.63, 3.8) is 0 Å². The lowest BCUT2D eigenvalue weighted by atomic mass is 10.1. The van der Waals surface area contributed by atoms with Crippen LogP contribution in [0.3, 0.4) is 0 Å². The van der Waals surface area contributed by atoms with Crippen molar-refractivity contribution in [1.82, 2.24) is 0 Å². The summed E-state index contributed by atoms with van der Waals surface area (Å²) in [5.41, 5.74) is 0. The lowest BCUT2D eigenvalue weighted by Crippen LogP contribution is -2.30. The van der Waals surface area contributed by atoms with E-state index in [0.29, 0.717) is 19.3 Å². The second-order valence-corrected chi connectivity index (χ2v) is 16.3. The number of allylic oxidation sites excluding steroid dienone is 16. The summed E-state index contributed by atoms with van der Waals surface area (Å²) in [6.07, 6.45) is 65.4. The third kappa shape index (κ3) is 47.4. The number of carbonyl (C=O) groups excluding carboxylic acids is 3. The van der Waals surface area contributed by atoms with Crippen LogP contribution in [0.15, 0.2) is 97.2 Å². The predicted molar refractivity (Wildman–Crippen MR) is 265 cm³/mol. The molecule has 0 aliphatic heterocycles. The molecule has 0 saturated carbocycles. The van der Waals surface area contributed by atoms with Gasteiger partial charge >= 0.3 is 17.9 Å². The molecule has 0 aromatic heterocycles. The van der Waals surface area contributed by atoms with E-state index in [1.807, 2.05) is 0 Å². The second-order valence-electron chi connectivity index (χ2n) is 16.3. The highest BCUT2D eigenvalue weighted by Crippen LogP contribution is 2.13. The number of rotatable bonds is 44. The molecule has 0 bridgehead atoms. The average molecular weight is 861 g/mol. The van der Waals surface area contributed by atoms with Gasteiger partial charge in [0, 0.05) is 19.3 Å². The Morgan fingerprint density at radius 1 is 0.339 bits per heavy atom. The van der Waals surface area contributed by atoms with Crippen LogP contribution < -0.4 is 0 Å². The number of carbonyl (C=O) groups is 3. The quantitative estimate of drug-likeness (QED) is 0.0263. The van der Waals surface area contributed by atoms with Crippen molar-refractivity contribution in [2.75, 3.05) is 13.2 Å². The summed E-state index contributed by atoms with van der Waals surface area (Å²) < 4.78 is 16.7. The Bertz CT molecular complexity index is 1260. The zero-order valence-electron chi connectivity index (χ0n) is 40.1. The maximum absolute atomic E-state index is 12.8. The average Bonchev–Trinajstić information content (AvgIpc) is 3.27. The molecule has 0 aromatic carbocycles. The maximum Gasteiger partial charge on any atom is 0.306 e. The van der Waals surface area contributed by atoms with E-state index < -0.39 is 6.10 Å². The summed E-state index contributed by atoms with van der Waals surface area (Å²) in [7, 11) is 0. The van der Waals surface area contributed by atoms with Gasteiger partial charge in [-0.3, -0.25) is 14.4 Å². The van der Waals surface area contributed by atoms with Crippen LogP contribution in [0.5, 0.6) is 0 Å². The molecule has 0 spiro atoms. The van der Waals surface area contributed by atoms with Gasteiger partial charge in [-0.2, -0.15) is 0 Å². The monoisotopic (exact) mass is 861 g/mol. The number of ether oxygens (including phenoxy) is 3. The number of hydrogen-bond acceptors (Lipinski definition) is 6. The Labute approximate surface area is 381 Å². The van der Waals surface area contributed by atoms with Crippen LogP contribution in [0.4, 0.5) is 0 Å². The topological polar surface area (TPSA) is 78.9 Å². The summed E-state index contributed by atoms with van der Waals surface area (Å²) >= 11 is 0.